The second-order valence-corrected chi connectivity index (χ2v) is 7.47. The van der Waals surface area contributed by atoms with E-state index < -0.39 is 0 Å². The molecule has 0 bridgehead atoms. The predicted octanol–water partition coefficient (Wildman–Crippen LogP) is 3.37. The van der Waals surface area contributed by atoms with Gasteiger partial charge in [-0.2, -0.15) is 10.1 Å². The Labute approximate surface area is 173 Å². The summed E-state index contributed by atoms with van der Waals surface area (Å²) in [6, 6.07) is 14.3. The van der Waals surface area contributed by atoms with Crippen LogP contribution in [0.3, 0.4) is 0 Å². The van der Waals surface area contributed by atoms with Crippen molar-refractivity contribution in [2.45, 2.75) is 31.7 Å². The number of benzene rings is 2. The van der Waals surface area contributed by atoms with Gasteiger partial charge in [-0.25, -0.2) is 9.97 Å². The average Bonchev–Trinajstić information content (AvgIpc) is 3.46. The van der Waals surface area contributed by atoms with Crippen LogP contribution in [0, 0.1) is 0 Å². The van der Waals surface area contributed by atoms with E-state index in [4.69, 9.17) is 0 Å². The summed E-state index contributed by atoms with van der Waals surface area (Å²) in [4.78, 5) is 25.1. The Morgan fingerprint density at radius 1 is 1.13 bits per heavy atom. The second kappa shape index (κ2) is 7.90. The number of carbonyl (C=O) groups is 1. The number of carbonyl (C=O) groups excluding carboxylic acids is 1. The number of amides is 1. The van der Waals surface area contributed by atoms with Crippen LogP contribution in [0.25, 0.3) is 22.3 Å². The van der Waals surface area contributed by atoms with Gasteiger partial charge in [0.25, 0.3) is 0 Å². The number of nitrogens with one attached hydrogen (secondary N) is 3. The molecule has 0 atom stereocenters. The SMILES string of the molecule is O=C(CCc1cccc(-c2ncnc(Nc3ccc4[nH]ncc4c3)n2)c1)NC1CC1. The highest BCUT2D eigenvalue weighted by molar-refractivity contribution is 5.82. The largest absolute Gasteiger partial charge is 0.353 e. The maximum Gasteiger partial charge on any atom is 0.230 e. The molecular formula is C22H21N7O. The third kappa shape index (κ3) is 4.27. The normalized spacial score (nSPS) is 13.3. The van der Waals surface area contributed by atoms with Crippen molar-refractivity contribution in [1.82, 2.24) is 30.5 Å². The van der Waals surface area contributed by atoms with Crippen molar-refractivity contribution in [1.29, 1.82) is 0 Å². The molecule has 2 aromatic carbocycles. The molecule has 8 heteroatoms. The van der Waals surface area contributed by atoms with E-state index in [-0.39, 0.29) is 5.91 Å². The van der Waals surface area contributed by atoms with Gasteiger partial charge in [-0.15, -0.1) is 0 Å². The van der Waals surface area contributed by atoms with Gasteiger partial charge in [0, 0.05) is 29.1 Å². The number of aromatic amines is 1. The van der Waals surface area contributed by atoms with Crippen LogP contribution in [-0.4, -0.2) is 37.1 Å². The zero-order valence-electron chi connectivity index (χ0n) is 16.3. The minimum atomic E-state index is 0.115. The van der Waals surface area contributed by atoms with Crippen molar-refractivity contribution in [2.75, 3.05) is 5.32 Å². The molecule has 3 N–H and O–H groups in total. The number of fused-ring (bicyclic) bond motifs is 1. The van der Waals surface area contributed by atoms with Gasteiger partial charge in [0.15, 0.2) is 5.82 Å². The molecule has 1 fully saturated rings. The highest BCUT2D eigenvalue weighted by atomic mass is 16.1. The summed E-state index contributed by atoms with van der Waals surface area (Å²) in [5, 5.41) is 14.2. The summed E-state index contributed by atoms with van der Waals surface area (Å²) in [5.41, 5.74) is 3.82. The maximum atomic E-state index is 11.9. The Hall–Kier alpha value is -3.81. The third-order valence-corrected chi connectivity index (χ3v) is 5.04. The first-order valence-electron chi connectivity index (χ1n) is 10.0. The Morgan fingerprint density at radius 2 is 2.07 bits per heavy atom. The molecule has 150 valence electrons. The van der Waals surface area contributed by atoms with Crippen LogP contribution in [-0.2, 0) is 11.2 Å². The van der Waals surface area contributed by atoms with Crippen molar-refractivity contribution >= 4 is 28.4 Å². The molecule has 2 heterocycles. The summed E-state index contributed by atoms with van der Waals surface area (Å²) in [6.45, 7) is 0. The van der Waals surface area contributed by atoms with E-state index in [1.54, 1.807) is 6.20 Å². The molecule has 1 saturated carbocycles. The lowest BCUT2D eigenvalue weighted by Crippen LogP contribution is -2.25. The number of anilines is 2. The highest BCUT2D eigenvalue weighted by Crippen LogP contribution is 2.22. The van der Waals surface area contributed by atoms with E-state index >= 15 is 0 Å². The Kier molecular flexibility index (Phi) is 4.80. The van der Waals surface area contributed by atoms with Crippen LogP contribution >= 0.6 is 0 Å². The molecule has 30 heavy (non-hydrogen) atoms. The fourth-order valence-electron chi connectivity index (χ4n) is 3.30. The van der Waals surface area contributed by atoms with Crippen molar-refractivity contribution < 1.29 is 4.79 Å². The summed E-state index contributed by atoms with van der Waals surface area (Å²) >= 11 is 0. The number of aryl methyl sites for hydroxylation is 1. The number of aromatic nitrogens is 5. The first-order valence-corrected chi connectivity index (χ1v) is 10.0. The van der Waals surface area contributed by atoms with E-state index in [1.165, 1.54) is 6.33 Å². The summed E-state index contributed by atoms with van der Waals surface area (Å²) in [6.07, 6.45) is 6.65. The van der Waals surface area contributed by atoms with Gasteiger partial charge < -0.3 is 10.6 Å². The molecule has 0 unspecified atom stereocenters. The van der Waals surface area contributed by atoms with Crippen LogP contribution < -0.4 is 10.6 Å². The molecular weight excluding hydrogens is 378 g/mol. The maximum absolute atomic E-state index is 11.9. The summed E-state index contributed by atoms with van der Waals surface area (Å²) in [5.74, 6) is 1.17. The van der Waals surface area contributed by atoms with E-state index in [0.717, 1.165) is 40.6 Å². The summed E-state index contributed by atoms with van der Waals surface area (Å²) < 4.78 is 0. The lowest BCUT2D eigenvalue weighted by Gasteiger charge is -2.08. The third-order valence-electron chi connectivity index (χ3n) is 5.04. The van der Waals surface area contributed by atoms with Gasteiger partial charge >= 0.3 is 0 Å². The molecule has 8 nitrogen and oxygen atoms in total. The molecule has 1 amide bonds. The minimum absolute atomic E-state index is 0.115. The average molecular weight is 399 g/mol. The number of hydrogen-bond donors (Lipinski definition) is 3. The molecule has 4 aromatic rings. The first kappa shape index (κ1) is 18.2. The van der Waals surface area contributed by atoms with Gasteiger partial charge in [-0.1, -0.05) is 18.2 Å². The predicted molar refractivity (Wildman–Crippen MR) is 114 cm³/mol. The van der Waals surface area contributed by atoms with Crippen LogP contribution in [0.4, 0.5) is 11.6 Å². The van der Waals surface area contributed by atoms with Crippen LogP contribution in [0.2, 0.25) is 0 Å². The number of H-pyrrole nitrogens is 1. The molecule has 2 aromatic heterocycles. The monoisotopic (exact) mass is 399 g/mol. The minimum Gasteiger partial charge on any atom is -0.353 e. The fourth-order valence-corrected chi connectivity index (χ4v) is 3.30. The van der Waals surface area contributed by atoms with E-state index in [0.29, 0.717) is 30.7 Å². The van der Waals surface area contributed by atoms with E-state index in [9.17, 15) is 4.79 Å². The van der Waals surface area contributed by atoms with Crippen molar-refractivity contribution in [3.63, 3.8) is 0 Å². The Balaban J connectivity index is 1.29. The number of nitrogens with zero attached hydrogens (tertiary/aromatic N) is 4. The van der Waals surface area contributed by atoms with E-state index in [2.05, 4.69) is 35.8 Å². The second-order valence-electron chi connectivity index (χ2n) is 7.47. The number of hydrogen-bond acceptors (Lipinski definition) is 6. The Bertz CT molecular complexity index is 1200. The molecule has 5 rings (SSSR count). The van der Waals surface area contributed by atoms with Gasteiger partial charge in [0.1, 0.15) is 6.33 Å². The summed E-state index contributed by atoms with van der Waals surface area (Å²) in [7, 11) is 0. The molecule has 1 aliphatic rings. The van der Waals surface area contributed by atoms with E-state index in [1.807, 2.05) is 42.5 Å². The van der Waals surface area contributed by atoms with Crippen LogP contribution in [0.1, 0.15) is 24.8 Å². The highest BCUT2D eigenvalue weighted by Gasteiger charge is 2.22. The quantitative estimate of drug-likeness (QED) is 0.440. The van der Waals surface area contributed by atoms with Crippen molar-refractivity contribution in [2.24, 2.45) is 0 Å². The van der Waals surface area contributed by atoms with Crippen molar-refractivity contribution in [3.8, 4) is 11.4 Å². The smallest absolute Gasteiger partial charge is 0.230 e. The van der Waals surface area contributed by atoms with Crippen molar-refractivity contribution in [3.05, 3.63) is 60.6 Å². The topological polar surface area (TPSA) is 108 Å². The van der Waals surface area contributed by atoms with Gasteiger partial charge in [-0.05, 0) is 49.1 Å². The standard InChI is InChI=1S/C22H21N7O/c30-20(26-17-5-6-17)9-4-14-2-1-3-15(10-14)21-23-13-24-22(28-21)27-18-7-8-19-16(11-18)12-25-29-19/h1-3,7-8,10-13,17H,4-6,9H2,(H,25,29)(H,26,30)(H,23,24,27,28). The Morgan fingerprint density at radius 3 is 2.97 bits per heavy atom. The van der Waals surface area contributed by atoms with Gasteiger partial charge in [0.2, 0.25) is 11.9 Å². The zero-order valence-corrected chi connectivity index (χ0v) is 16.3. The first-order chi connectivity index (χ1) is 14.7. The number of rotatable bonds is 7. The fraction of sp³-hybridized carbons (Fsp3) is 0.227. The molecule has 0 radical (unpaired) electrons. The zero-order chi connectivity index (χ0) is 20.3. The van der Waals surface area contributed by atoms with Gasteiger partial charge in [-0.3, -0.25) is 9.89 Å². The molecule has 1 aliphatic carbocycles. The molecule has 0 saturated heterocycles. The van der Waals surface area contributed by atoms with Gasteiger partial charge in [0.05, 0.1) is 11.7 Å². The lowest BCUT2D eigenvalue weighted by atomic mass is 10.1. The van der Waals surface area contributed by atoms with Crippen LogP contribution in [0.15, 0.2) is 55.0 Å². The van der Waals surface area contributed by atoms with Crippen LogP contribution in [0.5, 0.6) is 0 Å². The lowest BCUT2D eigenvalue weighted by molar-refractivity contribution is -0.121. The molecule has 0 spiro atoms. The molecule has 0 aliphatic heterocycles.